The van der Waals surface area contributed by atoms with E-state index in [0.717, 1.165) is 114 Å². The van der Waals surface area contributed by atoms with Crippen LogP contribution in [0.1, 0.15) is 389 Å². The molecule has 0 aliphatic carbocycles. The van der Waals surface area contributed by atoms with Gasteiger partial charge in [0.15, 0.2) is 12.2 Å². The third-order valence-electron chi connectivity index (χ3n) is 18.5. The van der Waals surface area contributed by atoms with E-state index in [0.29, 0.717) is 25.7 Å². The molecule has 570 valence electrons. The van der Waals surface area contributed by atoms with Gasteiger partial charge in [-0.25, -0.2) is 9.13 Å². The molecule has 0 aromatic heterocycles. The minimum atomic E-state index is -4.96. The standard InChI is InChI=1S/C77H150O17P2/c1-9-69(7)55-47-39-31-24-19-17-15-13-11-12-14-16-18-20-26-34-43-51-59-76(81)93-72(63-87-74(79)57-49-41-32-25-22-21-23-29-37-45-53-67(3)4)65-91-95(83,84)89-61-71(78)62-90-96(85,86)92-66-73(94-77(82)60-52-44-36-35-40-48-56-70(8)10-2)64-88-75(80)58-50-42-33-28-27-30-38-46-54-68(5)6/h67-73,78H,9-66H2,1-8H3,(H,83,84)(H,85,86)/t69?,70?,71?,72-,73-/m1/s1. The highest BCUT2D eigenvalue weighted by molar-refractivity contribution is 7.47. The number of unbranched alkanes of at least 4 members (excludes halogenated alkanes) is 38. The molecule has 0 amide bonds. The van der Waals surface area contributed by atoms with E-state index >= 15 is 0 Å². The number of hydrogen-bond donors (Lipinski definition) is 3. The van der Waals surface area contributed by atoms with E-state index in [4.69, 9.17) is 37.0 Å². The molecule has 96 heavy (non-hydrogen) atoms. The highest BCUT2D eigenvalue weighted by Gasteiger charge is 2.30. The lowest BCUT2D eigenvalue weighted by Crippen LogP contribution is -2.30. The number of phosphoric ester groups is 2. The molecular formula is C77H150O17P2. The third kappa shape index (κ3) is 67.9. The summed E-state index contributed by atoms with van der Waals surface area (Å²) in [4.78, 5) is 72.8. The maximum atomic E-state index is 13.1. The fraction of sp³-hybridized carbons (Fsp3) is 0.948. The molecule has 7 atom stereocenters. The van der Waals surface area contributed by atoms with Crippen LogP contribution in [0.2, 0.25) is 0 Å². The maximum Gasteiger partial charge on any atom is 0.472 e. The van der Waals surface area contributed by atoms with E-state index in [1.165, 1.54) is 193 Å². The first-order chi connectivity index (χ1) is 46.2. The average Bonchev–Trinajstić information content (AvgIpc) is 1.07. The van der Waals surface area contributed by atoms with Crippen molar-refractivity contribution in [3.63, 3.8) is 0 Å². The zero-order valence-electron chi connectivity index (χ0n) is 63.0. The maximum absolute atomic E-state index is 13.1. The van der Waals surface area contributed by atoms with E-state index in [1.54, 1.807) is 0 Å². The summed E-state index contributed by atoms with van der Waals surface area (Å²) in [6.45, 7) is 14.2. The van der Waals surface area contributed by atoms with Crippen LogP contribution >= 0.6 is 15.6 Å². The van der Waals surface area contributed by atoms with Crippen molar-refractivity contribution in [2.45, 2.75) is 408 Å². The molecule has 0 heterocycles. The topological polar surface area (TPSA) is 237 Å². The normalized spacial score (nSPS) is 14.7. The lowest BCUT2D eigenvalue weighted by Gasteiger charge is -2.21. The summed E-state index contributed by atoms with van der Waals surface area (Å²) in [6, 6.07) is 0. The predicted octanol–water partition coefficient (Wildman–Crippen LogP) is 22.4. The Labute approximate surface area is 588 Å². The van der Waals surface area contributed by atoms with Crippen LogP contribution in [0.15, 0.2) is 0 Å². The summed E-state index contributed by atoms with van der Waals surface area (Å²) in [5.74, 6) is 0.952. The molecule has 3 N–H and O–H groups in total. The number of aliphatic hydroxyl groups excluding tert-OH is 1. The molecule has 0 saturated heterocycles. The summed E-state index contributed by atoms with van der Waals surface area (Å²) in [5.41, 5.74) is 0. The Bertz CT molecular complexity index is 1890. The van der Waals surface area contributed by atoms with Crippen LogP contribution in [0.4, 0.5) is 0 Å². The molecule has 0 saturated carbocycles. The number of phosphoric acid groups is 2. The summed E-state index contributed by atoms with van der Waals surface area (Å²) < 4.78 is 68.5. The molecule has 0 aromatic carbocycles. The van der Waals surface area contributed by atoms with Crippen LogP contribution in [0, 0.1) is 23.7 Å². The first kappa shape index (κ1) is 94.1. The first-order valence-electron chi connectivity index (χ1n) is 39.8. The van der Waals surface area contributed by atoms with Crippen molar-refractivity contribution in [1.82, 2.24) is 0 Å². The monoisotopic (exact) mass is 1410 g/mol. The van der Waals surface area contributed by atoms with Gasteiger partial charge in [-0.15, -0.1) is 0 Å². The minimum absolute atomic E-state index is 0.102. The van der Waals surface area contributed by atoms with E-state index < -0.39 is 97.5 Å². The molecule has 19 heteroatoms. The Kier molecular flexibility index (Phi) is 65.0. The van der Waals surface area contributed by atoms with Gasteiger partial charge in [0.05, 0.1) is 26.4 Å². The first-order valence-corrected chi connectivity index (χ1v) is 42.8. The van der Waals surface area contributed by atoms with Gasteiger partial charge < -0.3 is 33.8 Å². The second-order valence-corrected chi connectivity index (χ2v) is 32.1. The molecule has 0 aliphatic rings. The Morgan fingerprint density at radius 2 is 0.500 bits per heavy atom. The van der Waals surface area contributed by atoms with Gasteiger partial charge in [-0.1, -0.05) is 338 Å². The van der Waals surface area contributed by atoms with Crippen LogP contribution < -0.4 is 0 Å². The lowest BCUT2D eigenvalue weighted by molar-refractivity contribution is -0.161. The molecule has 0 radical (unpaired) electrons. The Balaban J connectivity index is 5.19. The van der Waals surface area contributed by atoms with Gasteiger partial charge in [0.1, 0.15) is 19.3 Å². The van der Waals surface area contributed by atoms with E-state index in [-0.39, 0.29) is 25.7 Å². The molecule has 0 aliphatic heterocycles. The lowest BCUT2D eigenvalue weighted by atomic mass is 9.99. The van der Waals surface area contributed by atoms with Gasteiger partial charge in [-0.2, -0.15) is 0 Å². The highest BCUT2D eigenvalue weighted by atomic mass is 31.2. The minimum Gasteiger partial charge on any atom is -0.462 e. The number of hydrogen-bond acceptors (Lipinski definition) is 15. The van der Waals surface area contributed by atoms with Crippen molar-refractivity contribution < 1.29 is 80.2 Å². The van der Waals surface area contributed by atoms with Crippen LogP contribution in [0.5, 0.6) is 0 Å². The summed E-state index contributed by atoms with van der Waals surface area (Å²) >= 11 is 0. The van der Waals surface area contributed by atoms with Gasteiger partial charge in [0.2, 0.25) is 0 Å². The number of carbonyl (C=O) groups is 4. The van der Waals surface area contributed by atoms with Gasteiger partial charge >= 0.3 is 39.5 Å². The van der Waals surface area contributed by atoms with Gasteiger partial charge in [0.25, 0.3) is 0 Å². The van der Waals surface area contributed by atoms with E-state index in [2.05, 4.69) is 55.4 Å². The smallest absolute Gasteiger partial charge is 0.462 e. The van der Waals surface area contributed by atoms with Crippen LogP contribution in [-0.2, 0) is 65.4 Å². The zero-order valence-corrected chi connectivity index (χ0v) is 64.8. The van der Waals surface area contributed by atoms with Crippen molar-refractivity contribution in [2.24, 2.45) is 23.7 Å². The summed E-state index contributed by atoms with van der Waals surface area (Å²) in [5, 5.41) is 10.6. The van der Waals surface area contributed by atoms with E-state index in [1.807, 2.05) is 0 Å². The van der Waals surface area contributed by atoms with Crippen LogP contribution in [-0.4, -0.2) is 96.7 Å². The fourth-order valence-corrected chi connectivity index (χ4v) is 13.2. The second kappa shape index (κ2) is 66.3. The SMILES string of the molecule is CCC(C)CCCCCCCCCCCCCCCCCCCCC(=O)O[C@H](COC(=O)CCCCCCCCCCCCC(C)C)COP(=O)(O)OCC(O)COP(=O)(O)OC[C@@H](COC(=O)CCCCCCCCCCC(C)C)OC(=O)CCCCCCCCC(C)CC. The number of rotatable bonds is 74. The van der Waals surface area contributed by atoms with Gasteiger partial charge in [-0.05, 0) is 49.4 Å². The molecule has 5 unspecified atom stereocenters. The molecule has 0 spiro atoms. The van der Waals surface area contributed by atoms with Crippen molar-refractivity contribution in [3.05, 3.63) is 0 Å². The number of carbonyl (C=O) groups excluding carboxylic acids is 4. The van der Waals surface area contributed by atoms with Crippen LogP contribution in [0.3, 0.4) is 0 Å². The Hall–Kier alpha value is -1.94. The Morgan fingerprint density at radius 3 is 0.740 bits per heavy atom. The molecule has 0 aromatic rings. The van der Waals surface area contributed by atoms with Crippen molar-refractivity contribution >= 4 is 39.5 Å². The molecule has 0 bridgehead atoms. The molecular weight excluding hydrogens is 1260 g/mol. The highest BCUT2D eigenvalue weighted by Crippen LogP contribution is 2.45. The Morgan fingerprint density at radius 1 is 0.292 bits per heavy atom. The third-order valence-corrected chi connectivity index (χ3v) is 20.4. The molecule has 0 rings (SSSR count). The molecule has 17 nitrogen and oxygen atoms in total. The van der Waals surface area contributed by atoms with Gasteiger partial charge in [-0.3, -0.25) is 37.3 Å². The summed E-state index contributed by atoms with van der Waals surface area (Å²) in [6.07, 6.45) is 51.5. The second-order valence-electron chi connectivity index (χ2n) is 29.2. The zero-order chi connectivity index (χ0) is 71.0. The fourth-order valence-electron chi connectivity index (χ4n) is 11.7. The van der Waals surface area contributed by atoms with Crippen molar-refractivity contribution in [2.75, 3.05) is 39.6 Å². The van der Waals surface area contributed by atoms with Crippen LogP contribution in [0.25, 0.3) is 0 Å². The summed E-state index contributed by atoms with van der Waals surface area (Å²) in [7, 11) is -9.91. The number of ether oxygens (including phenoxy) is 4. The quantitative estimate of drug-likeness (QED) is 0.0222. The van der Waals surface area contributed by atoms with E-state index in [9.17, 15) is 43.2 Å². The number of esters is 4. The predicted molar refractivity (Wildman–Crippen MR) is 391 cm³/mol. The van der Waals surface area contributed by atoms with Gasteiger partial charge in [0, 0.05) is 25.7 Å². The molecule has 0 fully saturated rings. The average molecular weight is 1410 g/mol. The van der Waals surface area contributed by atoms with Crippen molar-refractivity contribution in [1.29, 1.82) is 0 Å². The number of aliphatic hydroxyl groups is 1. The largest absolute Gasteiger partial charge is 0.472 e. The van der Waals surface area contributed by atoms with Crippen molar-refractivity contribution in [3.8, 4) is 0 Å².